The van der Waals surface area contributed by atoms with E-state index in [1.54, 1.807) is 26.2 Å². The zero-order valence-electron chi connectivity index (χ0n) is 18.2. The average molecular weight is 453 g/mol. The minimum atomic E-state index is -3.99. The first-order chi connectivity index (χ1) is 14.7. The summed E-state index contributed by atoms with van der Waals surface area (Å²) in [6.45, 7) is 6.24. The molecule has 1 amide bonds. The number of amides is 1. The Labute approximate surface area is 182 Å². The molecule has 31 heavy (non-hydrogen) atoms. The summed E-state index contributed by atoms with van der Waals surface area (Å²) in [5, 5.41) is 0. The van der Waals surface area contributed by atoms with Gasteiger partial charge in [-0.2, -0.15) is 0 Å². The summed E-state index contributed by atoms with van der Waals surface area (Å²) in [6.07, 6.45) is -0.0689. The van der Waals surface area contributed by atoms with Gasteiger partial charge in [0.25, 0.3) is 15.9 Å². The fourth-order valence-electron chi connectivity index (χ4n) is 2.59. The second-order valence-corrected chi connectivity index (χ2v) is 8.54. The van der Waals surface area contributed by atoms with Crippen LogP contribution in [0.15, 0.2) is 41.3 Å². The van der Waals surface area contributed by atoms with E-state index < -0.39 is 15.9 Å². The number of sulfonamides is 1. The monoisotopic (exact) mass is 452 g/mol. The normalized spacial score (nSPS) is 11.3. The van der Waals surface area contributed by atoms with Crippen molar-refractivity contribution in [3.63, 3.8) is 0 Å². The highest BCUT2D eigenvalue weighted by molar-refractivity contribution is 7.89. The quantitative estimate of drug-likeness (QED) is 0.398. The van der Waals surface area contributed by atoms with Gasteiger partial charge in [-0.1, -0.05) is 0 Å². The molecular weight excluding hydrogens is 424 g/mol. The van der Waals surface area contributed by atoms with E-state index in [9.17, 15) is 13.2 Å². The molecule has 2 aromatic rings. The molecule has 9 nitrogen and oxygen atoms in total. The molecule has 2 aromatic carbocycles. The molecule has 0 heterocycles. The average Bonchev–Trinajstić information content (AvgIpc) is 2.73. The summed E-state index contributed by atoms with van der Waals surface area (Å²) in [7, 11) is -0.964. The highest BCUT2D eigenvalue weighted by atomic mass is 32.2. The Morgan fingerprint density at radius 1 is 1.00 bits per heavy atom. The van der Waals surface area contributed by atoms with Crippen molar-refractivity contribution in [3.8, 4) is 17.2 Å². The first-order valence-electron chi connectivity index (χ1n) is 9.57. The second-order valence-electron chi connectivity index (χ2n) is 6.86. The zero-order chi connectivity index (χ0) is 23.0. The third-order valence-electron chi connectivity index (χ3n) is 4.09. The van der Waals surface area contributed by atoms with Crippen LogP contribution in [-0.4, -0.2) is 47.9 Å². The summed E-state index contributed by atoms with van der Waals surface area (Å²) in [5.74, 6) is 0.756. The van der Waals surface area contributed by atoms with Gasteiger partial charge in [0.05, 0.1) is 24.7 Å². The summed E-state index contributed by atoms with van der Waals surface area (Å²) in [6, 6.07) is 8.98. The van der Waals surface area contributed by atoms with Gasteiger partial charge in [-0.3, -0.25) is 10.2 Å². The second kappa shape index (κ2) is 11.0. The molecule has 0 bridgehead atoms. The van der Waals surface area contributed by atoms with Crippen molar-refractivity contribution in [1.29, 1.82) is 0 Å². The van der Waals surface area contributed by atoms with Gasteiger partial charge in [0.1, 0.15) is 12.4 Å². The lowest BCUT2D eigenvalue weighted by molar-refractivity contribution is 0.0944. The molecule has 2 rings (SSSR count). The Hall–Kier alpha value is -2.82. The van der Waals surface area contributed by atoms with Crippen molar-refractivity contribution in [2.24, 2.45) is 0 Å². The molecule has 0 saturated carbocycles. The van der Waals surface area contributed by atoms with Crippen LogP contribution in [-0.2, 0) is 14.8 Å². The fourth-order valence-corrected chi connectivity index (χ4v) is 3.51. The van der Waals surface area contributed by atoms with Gasteiger partial charge in [0, 0.05) is 12.7 Å². The highest BCUT2D eigenvalue weighted by Gasteiger charge is 2.18. The first-order valence-corrected chi connectivity index (χ1v) is 11.1. The molecule has 0 fully saturated rings. The number of ether oxygens (including phenoxy) is 4. The van der Waals surface area contributed by atoms with E-state index in [0.717, 1.165) is 0 Å². The lowest BCUT2D eigenvalue weighted by Crippen LogP contribution is -2.41. The summed E-state index contributed by atoms with van der Waals surface area (Å²) < 4.78 is 46.4. The number of rotatable bonds is 11. The van der Waals surface area contributed by atoms with Crippen LogP contribution in [0.3, 0.4) is 0 Å². The highest BCUT2D eigenvalue weighted by Crippen LogP contribution is 2.29. The van der Waals surface area contributed by atoms with E-state index >= 15 is 0 Å². The van der Waals surface area contributed by atoms with Gasteiger partial charge < -0.3 is 18.9 Å². The van der Waals surface area contributed by atoms with Crippen LogP contribution in [0.25, 0.3) is 0 Å². The molecule has 0 atom stereocenters. The van der Waals surface area contributed by atoms with Crippen molar-refractivity contribution in [2.45, 2.75) is 31.8 Å². The predicted octanol–water partition coefficient (Wildman–Crippen LogP) is 2.44. The lowest BCUT2D eigenvalue weighted by atomic mass is 10.2. The Morgan fingerprint density at radius 3 is 2.32 bits per heavy atom. The molecule has 170 valence electrons. The third kappa shape index (κ3) is 6.84. The van der Waals surface area contributed by atoms with Crippen LogP contribution in [0, 0.1) is 6.92 Å². The van der Waals surface area contributed by atoms with E-state index in [1.807, 2.05) is 13.8 Å². The lowest BCUT2D eigenvalue weighted by Gasteiger charge is -2.15. The van der Waals surface area contributed by atoms with E-state index in [4.69, 9.17) is 18.9 Å². The molecule has 0 saturated heterocycles. The standard InChI is InChI=1S/C21H28N2O7S/c1-14(2)30-19-8-6-16(13-20(19)28-5)21(24)22-23-31(25,26)17-7-9-18(15(3)12-17)29-11-10-27-4/h6-9,12-14,23H,10-11H2,1-5H3,(H,22,24). The molecule has 2 N–H and O–H groups in total. The maximum absolute atomic E-state index is 12.6. The molecule has 10 heteroatoms. The van der Waals surface area contributed by atoms with Gasteiger partial charge in [0.2, 0.25) is 0 Å². The zero-order valence-corrected chi connectivity index (χ0v) is 19.0. The van der Waals surface area contributed by atoms with Gasteiger partial charge in [-0.25, -0.2) is 8.42 Å². The molecule has 0 aliphatic rings. The number of hydrazine groups is 1. The van der Waals surface area contributed by atoms with Crippen LogP contribution >= 0.6 is 0 Å². The van der Waals surface area contributed by atoms with Crippen LogP contribution in [0.2, 0.25) is 0 Å². The Balaban J connectivity index is 2.07. The molecule has 0 aliphatic carbocycles. The van der Waals surface area contributed by atoms with E-state index in [2.05, 4.69) is 10.3 Å². The maximum Gasteiger partial charge on any atom is 0.266 e. The predicted molar refractivity (Wildman–Crippen MR) is 115 cm³/mol. The maximum atomic E-state index is 12.6. The first kappa shape index (κ1) is 24.4. The number of hydrogen-bond donors (Lipinski definition) is 2. The molecule has 0 spiro atoms. The SMILES string of the molecule is COCCOc1ccc(S(=O)(=O)NNC(=O)c2ccc(OC(C)C)c(OC)c2)cc1C. The Kier molecular flexibility index (Phi) is 8.66. The molecule has 0 radical (unpaired) electrons. The molecule has 0 aliphatic heterocycles. The van der Waals surface area contributed by atoms with E-state index in [-0.39, 0.29) is 16.6 Å². The fraction of sp³-hybridized carbons (Fsp3) is 0.381. The van der Waals surface area contributed by atoms with Crippen molar-refractivity contribution in [3.05, 3.63) is 47.5 Å². The largest absolute Gasteiger partial charge is 0.493 e. The van der Waals surface area contributed by atoms with Crippen LogP contribution in [0.1, 0.15) is 29.8 Å². The number of aryl methyl sites for hydroxylation is 1. The number of benzene rings is 2. The number of carbonyl (C=O) groups is 1. The molecule has 0 aromatic heterocycles. The minimum absolute atomic E-state index is 0.0114. The smallest absolute Gasteiger partial charge is 0.266 e. The third-order valence-corrected chi connectivity index (χ3v) is 5.33. The minimum Gasteiger partial charge on any atom is -0.493 e. The molecule has 0 unspecified atom stereocenters. The summed E-state index contributed by atoms with van der Waals surface area (Å²) in [4.78, 5) is 14.5. The van der Waals surface area contributed by atoms with Gasteiger partial charge >= 0.3 is 0 Å². The van der Waals surface area contributed by atoms with Gasteiger partial charge in [-0.15, -0.1) is 4.83 Å². The Bertz CT molecular complexity index is 1010. The van der Waals surface area contributed by atoms with Crippen molar-refractivity contribution in [2.75, 3.05) is 27.4 Å². The Morgan fingerprint density at radius 2 is 1.71 bits per heavy atom. The topological polar surface area (TPSA) is 112 Å². The van der Waals surface area contributed by atoms with Crippen molar-refractivity contribution >= 4 is 15.9 Å². The van der Waals surface area contributed by atoms with Crippen LogP contribution in [0.4, 0.5) is 0 Å². The van der Waals surface area contributed by atoms with Gasteiger partial charge in [-0.05, 0) is 62.7 Å². The van der Waals surface area contributed by atoms with Crippen molar-refractivity contribution < 1.29 is 32.2 Å². The summed E-state index contributed by atoms with van der Waals surface area (Å²) in [5.41, 5.74) is 3.04. The van der Waals surface area contributed by atoms with Crippen LogP contribution < -0.4 is 24.5 Å². The number of hydrogen-bond acceptors (Lipinski definition) is 7. The van der Waals surface area contributed by atoms with E-state index in [1.165, 1.54) is 31.4 Å². The van der Waals surface area contributed by atoms with Crippen molar-refractivity contribution in [1.82, 2.24) is 10.3 Å². The summed E-state index contributed by atoms with van der Waals surface area (Å²) >= 11 is 0. The van der Waals surface area contributed by atoms with Crippen LogP contribution in [0.5, 0.6) is 17.2 Å². The molecular formula is C21H28N2O7S. The number of nitrogens with one attached hydrogen (secondary N) is 2. The van der Waals surface area contributed by atoms with Gasteiger partial charge in [0.15, 0.2) is 11.5 Å². The number of carbonyl (C=O) groups excluding carboxylic acids is 1. The van der Waals surface area contributed by atoms with E-state index in [0.29, 0.717) is 36.0 Å². The number of methoxy groups -OCH3 is 2.